The number of aliphatic carboxylic acids is 1. The fourth-order valence-corrected chi connectivity index (χ4v) is 4.12. The van der Waals surface area contributed by atoms with Crippen LogP contribution in [0.15, 0.2) is 24.3 Å². The first-order chi connectivity index (χ1) is 12.5. The maximum atomic E-state index is 12.5. The fourth-order valence-electron chi connectivity index (χ4n) is 3.14. The second-order valence-electron chi connectivity index (χ2n) is 6.21. The second-order valence-corrected chi connectivity index (χ2v) is 7.64. The van der Waals surface area contributed by atoms with Gasteiger partial charge in [-0.3, -0.25) is 9.59 Å². The number of aromatic nitrogens is 1. The SMILES string of the molecule is N#Cc1sc(NC(=O)C2CCCC(C(=O)O)C2)nc1-c1cccc(Cl)c1. The van der Waals surface area contributed by atoms with Crippen LogP contribution in [0.4, 0.5) is 5.13 Å². The third kappa shape index (κ3) is 4.03. The molecule has 1 heterocycles. The second kappa shape index (κ2) is 7.85. The first kappa shape index (κ1) is 18.4. The number of hydrogen-bond donors (Lipinski definition) is 2. The van der Waals surface area contributed by atoms with Crippen LogP contribution in [0, 0.1) is 23.2 Å². The van der Waals surface area contributed by atoms with Gasteiger partial charge in [0.05, 0.1) is 5.92 Å². The minimum Gasteiger partial charge on any atom is -0.481 e. The Morgan fingerprint density at radius 2 is 2.12 bits per heavy atom. The highest BCUT2D eigenvalue weighted by atomic mass is 35.5. The minimum absolute atomic E-state index is 0.244. The summed E-state index contributed by atoms with van der Waals surface area (Å²) in [4.78, 5) is 28.4. The number of benzene rings is 1. The van der Waals surface area contributed by atoms with E-state index in [1.165, 1.54) is 0 Å². The molecule has 1 aromatic heterocycles. The van der Waals surface area contributed by atoms with E-state index >= 15 is 0 Å². The number of anilines is 1. The van der Waals surface area contributed by atoms with E-state index in [0.29, 0.717) is 52.0 Å². The number of nitriles is 1. The molecule has 0 radical (unpaired) electrons. The van der Waals surface area contributed by atoms with Gasteiger partial charge in [0.2, 0.25) is 5.91 Å². The standard InChI is InChI=1S/C18H16ClN3O3S/c19-13-6-2-3-10(8-13)15-14(9-20)26-18(21-15)22-16(23)11-4-1-5-12(7-11)17(24)25/h2-3,6,8,11-12H,1,4-5,7H2,(H,24,25)(H,21,22,23). The average molecular weight is 390 g/mol. The Kier molecular flexibility index (Phi) is 5.55. The van der Waals surface area contributed by atoms with Crippen molar-refractivity contribution >= 4 is 39.9 Å². The third-order valence-corrected chi connectivity index (χ3v) is 5.56. The Labute approximate surface area is 159 Å². The Morgan fingerprint density at radius 3 is 2.81 bits per heavy atom. The molecular formula is C18H16ClN3O3S. The van der Waals surface area contributed by atoms with Gasteiger partial charge >= 0.3 is 5.97 Å². The quantitative estimate of drug-likeness (QED) is 0.816. The van der Waals surface area contributed by atoms with Crippen molar-refractivity contribution < 1.29 is 14.7 Å². The van der Waals surface area contributed by atoms with Crippen molar-refractivity contribution in [3.8, 4) is 17.3 Å². The predicted molar refractivity (Wildman–Crippen MR) is 99.0 cm³/mol. The van der Waals surface area contributed by atoms with Crippen molar-refractivity contribution in [3.63, 3.8) is 0 Å². The van der Waals surface area contributed by atoms with Crippen LogP contribution >= 0.6 is 22.9 Å². The molecule has 1 fully saturated rings. The summed E-state index contributed by atoms with van der Waals surface area (Å²) in [5.41, 5.74) is 1.18. The van der Waals surface area contributed by atoms with E-state index in [-0.39, 0.29) is 11.8 Å². The van der Waals surface area contributed by atoms with Crippen LogP contribution < -0.4 is 5.32 Å². The lowest BCUT2D eigenvalue weighted by Crippen LogP contribution is -2.30. The number of rotatable bonds is 4. The molecule has 2 atom stereocenters. The number of amides is 1. The summed E-state index contributed by atoms with van der Waals surface area (Å²) in [6.07, 6.45) is 2.31. The Hall–Kier alpha value is -2.43. The number of nitrogens with one attached hydrogen (secondary N) is 1. The van der Waals surface area contributed by atoms with E-state index in [4.69, 9.17) is 16.7 Å². The molecule has 1 aliphatic rings. The molecule has 0 saturated heterocycles. The highest BCUT2D eigenvalue weighted by Crippen LogP contribution is 2.34. The van der Waals surface area contributed by atoms with Crippen molar-refractivity contribution in [2.75, 3.05) is 5.32 Å². The molecule has 1 aromatic carbocycles. The topological polar surface area (TPSA) is 103 Å². The van der Waals surface area contributed by atoms with E-state index in [9.17, 15) is 14.9 Å². The molecule has 2 N–H and O–H groups in total. The Bertz CT molecular complexity index is 890. The predicted octanol–water partition coefficient (Wildman–Crippen LogP) is 4.16. The Balaban J connectivity index is 1.77. The first-order valence-electron chi connectivity index (χ1n) is 8.18. The number of nitrogens with zero attached hydrogens (tertiary/aromatic N) is 2. The molecule has 2 unspecified atom stereocenters. The van der Waals surface area contributed by atoms with Crippen LogP contribution in [-0.2, 0) is 9.59 Å². The summed E-state index contributed by atoms with van der Waals surface area (Å²) in [5.74, 6) is -1.93. The third-order valence-electron chi connectivity index (χ3n) is 4.45. The van der Waals surface area contributed by atoms with E-state index in [1.54, 1.807) is 24.3 Å². The van der Waals surface area contributed by atoms with Crippen LogP contribution in [0.1, 0.15) is 30.6 Å². The normalized spacial score (nSPS) is 19.5. The van der Waals surface area contributed by atoms with Crippen molar-refractivity contribution in [2.45, 2.75) is 25.7 Å². The summed E-state index contributed by atoms with van der Waals surface area (Å²) in [6, 6.07) is 9.10. The summed E-state index contributed by atoms with van der Waals surface area (Å²) < 4.78 is 0. The van der Waals surface area contributed by atoms with Gasteiger partial charge in [-0.05, 0) is 31.4 Å². The van der Waals surface area contributed by atoms with Crippen LogP contribution in [0.2, 0.25) is 5.02 Å². The van der Waals surface area contributed by atoms with Gasteiger partial charge in [0.15, 0.2) is 5.13 Å². The zero-order valence-corrected chi connectivity index (χ0v) is 15.3. The summed E-state index contributed by atoms with van der Waals surface area (Å²) in [5, 5.41) is 22.1. The Morgan fingerprint density at radius 1 is 1.35 bits per heavy atom. The lowest BCUT2D eigenvalue weighted by molar-refractivity contribution is -0.143. The van der Waals surface area contributed by atoms with Crippen LogP contribution in [0.25, 0.3) is 11.3 Å². The molecule has 6 nitrogen and oxygen atoms in total. The number of carbonyl (C=O) groups is 2. The van der Waals surface area contributed by atoms with Gasteiger partial charge in [-0.1, -0.05) is 41.5 Å². The van der Waals surface area contributed by atoms with E-state index in [2.05, 4.69) is 16.4 Å². The summed E-state index contributed by atoms with van der Waals surface area (Å²) in [7, 11) is 0. The molecule has 134 valence electrons. The average Bonchev–Trinajstić information content (AvgIpc) is 3.04. The molecular weight excluding hydrogens is 374 g/mol. The van der Waals surface area contributed by atoms with Gasteiger partial charge in [-0.2, -0.15) is 5.26 Å². The molecule has 0 bridgehead atoms. The molecule has 26 heavy (non-hydrogen) atoms. The van der Waals surface area contributed by atoms with Crippen LogP contribution in [-0.4, -0.2) is 22.0 Å². The largest absolute Gasteiger partial charge is 0.481 e. The van der Waals surface area contributed by atoms with Crippen molar-refractivity contribution in [1.29, 1.82) is 5.26 Å². The van der Waals surface area contributed by atoms with Crippen LogP contribution in [0.3, 0.4) is 0 Å². The van der Waals surface area contributed by atoms with E-state index < -0.39 is 11.9 Å². The maximum Gasteiger partial charge on any atom is 0.306 e. The monoisotopic (exact) mass is 389 g/mol. The zero-order valence-electron chi connectivity index (χ0n) is 13.7. The highest BCUT2D eigenvalue weighted by molar-refractivity contribution is 7.16. The van der Waals surface area contributed by atoms with Crippen molar-refractivity contribution in [1.82, 2.24) is 4.98 Å². The van der Waals surface area contributed by atoms with Crippen molar-refractivity contribution in [3.05, 3.63) is 34.2 Å². The van der Waals surface area contributed by atoms with Gasteiger partial charge in [0.25, 0.3) is 0 Å². The molecule has 2 aromatic rings. The van der Waals surface area contributed by atoms with Gasteiger partial charge in [-0.25, -0.2) is 4.98 Å². The first-order valence-corrected chi connectivity index (χ1v) is 9.38. The smallest absolute Gasteiger partial charge is 0.306 e. The molecule has 1 saturated carbocycles. The molecule has 0 aliphatic heterocycles. The summed E-state index contributed by atoms with van der Waals surface area (Å²) >= 11 is 7.09. The molecule has 1 aliphatic carbocycles. The van der Waals surface area contributed by atoms with Crippen LogP contribution in [0.5, 0.6) is 0 Å². The lowest BCUT2D eigenvalue weighted by Gasteiger charge is -2.25. The maximum absolute atomic E-state index is 12.5. The number of hydrogen-bond acceptors (Lipinski definition) is 5. The number of carboxylic acid groups (broad SMARTS) is 1. The minimum atomic E-state index is -0.855. The lowest BCUT2D eigenvalue weighted by atomic mass is 9.81. The van der Waals surface area contributed by atoms with E-state index in [0.717, 1.165) is 11.3 Å². The summed E-state index contributed by atoms with van der Waals surface area (Å²) in [6.45, 7) is 0. The number of carboxylic acids is 1. The number of carbonyl (C=O) groups excluding carboxylic acids is 1. The van der Waals surface area contributed by atoms with Crippen molar-refractivity contribution in [2.24, 2.45) is 11.8 Å². The molecule has 0 spiro atoms. The van der Waals surface area contributed by atoms with Gasteiger partial charge < -0.3 is 10.4 Å². The fraction of sp³-hybridized carbons (Fsp3) is 0.333. The number of thiazole rings is 1. The van der Waals surface area contributed by atoms with E-state index in [1.807, 2.05) is 0 Å². The molecule has 3 rings (SSSR count). The zero-order chi connectivity index (χ0) is 18.7. The highest BCUT2D eigenvalue weighted by Gasteiger charge is 2.31. The molecule has 8 heteroatoms. The molecule has 1 amide bonds. The number of halogens is 1. The van der Waals surface area contributed by atoms with Gasteiger partial charge in [-0.15, -0.1) is 0 Å². The van der Waals surface area contributed by atoms with Gasteiger partial charge in [0, 0.05) is 16.5 Å². The van der Waals surface area contributed by atoms with Gasteiger partial charge in [0.1, 0.15) is 16.6 Å².